The lowest BCUT2D eigenvalue weighted by Gasteiger charge is -2.42. The Balaban J connectivity index is 0.00000242. The number of nitrogens with one attached hydrogen (secondary N) is 1. The monoisotopic (exact) mass is 325 g/mol. The SMILES string of the molecule is CCc1ccc(NC(=O)CN2CCC(N)C(C)(C)C2)cc1.Cl. The second-order valence-electron chi connectivity index (χ2n) is 6.69. The van der Waals surface area contributed by atoms with Gasteiger partial charge in [0.05, 0.1) is 6.54 Å². The van der Waals surface area contributed by atoms with E-state index in [4.69, 9.17) is 5.73 Å². The third-order valence-corrected chi connectivity index (χ3v) is 4.40. The molecule has 1 aromatic rings. The number of piperidine rings is 1. The van der Waals surface area contributed by atoms with Gasteiger partial charge in [0.2, 0.25) is 5.91 Å². The van der Waals surface area contributed by atoms with Gasteiger partial charge in [-0.25, -0.2) is 0 Å². The number of nitrogens with two attached hydrogens (primary N) is 1. The molecule has 0 saturated carbocycles. The third kappa shape index (κ3) is 4.97. The lowest BCUT2D eigenvalue weighted by molar-refractivity contribution is -0.118. The van der Waals surface area contributed by atoms with E-state index in [9.17, 15) is 4.79 Å². The summed E-state index contributed by atoms with van der Waals surface area (Å²) in [4.78, 5) is 14.3. The second-order valence-corrected chi connectivity index (χ2v) is 6.69. The van der Waals surface area contributed by atoms with Gasteiger partial charge < -0.3 is 11.1 Å². The van der Waals surface area contributed by atoms with E-state index < -0.39 is 0 Å². The predicted octanol–water partition coefficient (Wildman–Crippen LogP) is 2.67. The summed E-state index contributed by atoms with van der Waals surface area (Å²) >= 11 is 0. The first kappa shape index (κ1) is 18.9. The molecule has 4 nitrogen and oxygen atoms in total. The number of nitrogens with zero attached hydrogens (tertiary/aromatic N) is 1. The first-order valence-electron chi connectivity index (χ1n) is 7.77. The minimum atomic E-state index is 0. The summed E-state index contributed by atoms with van der Waals surface area (Å²) in [6.07, 6.45) is 1.96. The minimum absolute atomic E-state index is 0. The van der Waals surface area contributed by atoms with Gasteiger partial charge >= 0.3 is 0 Å². The van der Waals surface area contributed by atoms with Crippen molar-refractivity contribution < 1.29 is 4.79 Å². The fourth-order valence-corrected chi connectivity index (χ4v) is 2.85. The van der Waals surface area contributed by atoms with Crippen LogP contribution < -0.4 is 11.1 Å². The Kier molecular flexibility index (Phi) is 6.85. The van der Waals surface area contributed by atoms with Crippen molar-refractivity contribution in [2.45, 2.75) is 39.7 Å². The van der Waals surface area contributed by atoms with E-state index in [1.165, 1.54) is 5.56 Å². The molecule has 1 aliphatic rings. The zero-order valence-corrected chi connectivity index (χ0v) is 14.6. The van der Waals surface area contributed by atoms with Crippen LogP contribution in [0.2, 0.25) is 0 Å². The van der Waals surface area contributed by atoms with Crippen LogP contribution in [0.1, 0.15) is 32.8 Å². The summed E-state index contributed by atoms with van der Waals surface area (Å²) in [5.74, 6) is 0.0468. The van der Waals surface area contributed by atoms with Gasteiger partial charge in [-0.1, -0.05) is 32.9 Å². The highest BCUT2D eigenvalue weighted by Gasteiger charge is 2.33. The molecule has 1 aliphatic heterocycles. The fraction of sp³-hybridized carbons (Fsp3) is 0.588. The number of carbonyl (C=O) groups is 1. The van der Waals surface area contributed by atoms with Gasteiger partial charge in [0, 0.05) is 24.8 Å². The minimum Gasteiger partial charge on any atom is -0.327 e. The standard InChI is InChI=1S/C17H27N3O.ClH/c1-4-13-5-7-14(8-6-13)19-16(21)11-20-10-9-15(18)17(2,3)12-20;/h5-8,15H,4,9-12,18H2,1-3H3,(H,19,21);1H. The lowest BCUT2D eigenvalue weighted by atomic mass is 9.80. The highest BCUT2D eigenvalue weighted by Crippen LogP contribution is 2.27. The van der Waals surface area contributed by atoms with Crippen molar-refractivity contribution >= 4 is 24.0 Å². The second kappa shape index (κ2) is 7.95. The summed E-state index contributed by atoms with van der Waals surface area (Å²) in [5.41, 5.74) is 8.34. The van der Waals surface area contributed by atoms with Gasteiger partial charge in [0.15, 0.2) is 0 Å². The molecular formula is C17H28ClN3O. The topological polar surface area (TPSA) is 58.4 Å². The molecule has 1 amide bonds. The Hall–Kier alpha value is -1.10. The summed E-state index contributed by atoms with van der Waals surface area (Å²) < 4.78 is 0. The van der Waals surface area contributed by atoms with Crippen LogP contribution in [-0.2, 0) is 11.2 Å². The van der Waals surface area contributed by atoms with Crippen LogP contribution in [0.3, 0.4) is 0 Å². The Morgan fingerprint density at radius 2 is 2.00 bits per heavy atom. The molecule has 124 valence electrons. The van der Waals surface area contributed by atoms with Crippen LogP contribution >= 0.6 is 12.4 Å². The first-order chi connectivity index (χ1) is 9.90. The maximum absolute atomic E-state index is 12.1. The molecule has 0 aliphatic carbocycles. The summed E-state index contributed by atoms with van der Waals surface area (Å²) in [6.45, 7) is 8.67. The van der Waals surface area contributed by atoms with E-state index >= 15 is 0 Å². The van der Waals surface area contributed by atoms with Crippen molar-refractivity contribution in [3.63, 3.8) is 0 Å². The van der Waals surface area contributed by atoms with E-state index in [2.05, 4.69) is 43.1 Å². The van der Waals surface area contributed by atoms with Crippen molar-refractivity contribution in [1.82, 2.24) is 4.90 Å². The Labute approximate surface area is 139 Å². The van der Waals surface area contributed by atoms with Crippen molar-refractivity contribution in [2.75, 3.05) is 25.0 Å². The van der Waals surface area contributed by atoms with Crippen LogP contribution in [0.25, 0.3) is 0 Å². The van der Waals surface area contributed by atoms with Gasteiger partial charge in [0.1, 0.15) is 0 Å². The van der Waals surface area contributed by atoms with Crippen LogP contribution in [-0.4, -0.2) is 36.5 Å². The van der Waals surface area contributed by atoms with Crippen molar-refractivity contribution in [3.8, 4) is 0 Å². The average molecular weight is 326 g/mol. The zero-order valence-electron chi connectivity index (χ0n) is 13.8. The van der Waals surface area contributed by atoms with Crippen LogP contribution in [0, 0.1) is 5.41 Å². The number of benzene rings is 1. The number of rotatable bonds is 4. The molecule has 1 unspecified atom stereocenters. The fourth-order valence-electron chi connectivity index (χ4n) is 2.85. The van der Waals surface area contributed by atoms with E-state index in [0.717, 1.165) is 31.6 Å². The summed E-state index contributed by atoms with van der Waals surface area (Å²) in [6, 6.07) is 8.26. The molecule has 22 heavy (non-hydrogen) atoms. The summed E-state index contributed by atoms with van der Waals surface area (Å²) in [7, 11) is 0. The molecule has 2 rings (SSSR count). The maximum Gasteiger partial charge on any atom is 0.238 e. The van der Waals surface area contributed by atoms with Crippen molar-refractivity contribution in [3.05, 3.63) is 29.8 Å². The normalized spacial score (nSPS) is 21.0. The van der Waals surface area contributed by atoms with Crippen LogP contribution in [0.4, 0.5) is 5.69 Å². The third-order valence-electron chi connectivity index (χ3n) is 4.40. The van der Waals surface area contributed by atoms with Crippen LogP contribution in [0.15, 0.2) is 24.3 Å². The number of likely N-dealkylation sites (tertiary alicyclic amines) is 1. The van der Waals surface area contributed by atoms with Gasteiger partial charge in [-0.3, -0.25) is 9.69 Å². The maximum atomic E-state index is 12.1. The van der Waals surface area contributed by atoms with E-state index in [1.807, 2.05) is 12.1 Å². The Bertz CT molecular complexity index is 487. The molecule has 1 atom stereocenters. The quantitative estimate of drug-likeness (QED) is 0.894. The number of halogens is 1. The zero-order chi connectivity index (χ0) is 15.5. The Morgan fingerprint density at radius 1 is 1.36 bits per heavy atom. The van der Waals surface area contributed by atoms with Crippen molar-refractivity contribution in [1.29, 1.82) is 0 Å². The van der Waals surface area contributed by atoms with Gasteiger partial charge in [-0.05, 0) is 36.0 Å². The highest BCUT2D eigenvalue weighted by molar-refractivity contribution is 5.92. The smallest absolute Gasteiger partial charge is 0.238 e. The molecule has 1 aromatic carbocycles. The number of hydrogen-bond donors (Lipinski definition) is 2. The van der Waals surface area contributed by atoms with E-state index in [0.29, 0.717) is 6.54 Å². The van der Waals surface area contributed by atoms with Gasteiger partial charge in [-0.15, -0.1) is 12.4 Å². The molecule has 0 bridgehead atoms. The number of carbonyl (C=O) groups excluding carboxylic acids is 1. The van der Waals surface area contributed by atoms with Crippen LogP contribution in [0.5, 0.6) is 0 Å². The van der Waals surface area contributed by atoms with Gasteiger partial charge in [-0.2, -0.15) is 0 Å². The highest BCUT2D eigenvalue weighted by atomic mass is 35.5. The van der Waals surface area contributed by atoms with Crippen molar-refractivity contribution in [2.24, 2.45) is 11.1 Å². The predicted molar refractivity (Wildman–Crippen MR) is 94.5 cm³/mol. The molecule has 0 radical (unpaired) electrons. The molecule has 1 saturated heterocycles. The molecular weight excluding hydrogens is 298 g/mol. The molecule has 3 N–H and O–H groups in total. The molecule has 1 heterocycles. The number of amides is 1. The molecule has 0 aromatic heterocycles. The van der Waals surface area contributed by atoms with E-state index in [1.54, 1.807) is 0 Å². The first-order valence-corrected chi connectivity index (χ1v) is 7.77. The summed E-state index contributed by atoms with van der Waals surface area (Å²) in [5, 5.41) is 2.97. The lowest BCUT2D eigenvalue weighted by Crippen LogP contribution is -2.53. The van der Waals surface area contributed by atoms with Gasteiger partial charge in [0.25, 0.3) is 0 Å². The molecule has 1 fully saturated rings. The number of aryl methyl sites for hydroxylation is 1. The molecule has 0 spiro atoms. The number of hydrogen-bond acceptors (Lipinski definition) is 3. The average Bonchev–Trinajstić information content (AvgIpc) is 2.43. The largest absolute Gasteiger partial charge is 0.327 e. The van der Waals surface area contributed by atoms with E-state index in [-0.39, 0.29) is 29.8 Å². The number of anilines is 1. The molecule has 5 heteroatoms. The Morgan fingerprint density at radius 3 is 2.55 bits per heavy atom.